The molecular formula is C17H16ClN7OS. The van der Waals surface area contributed by atoms with Gasteiger partial charge in [0.2, 0.25) is 5.95 Å². The number of hydrogen-bond donors (Lipinski definition) is 1. The molecule has 8 nitrogen and oxygen atoms in total. The number of carbonyl (C=O) groups is 1. The number of rotatable bonds is 4. The number of aromatic nitrogens is 4. The summed E-state index contributed by atoms with van der Waals surface area (Å²) in [6, 6.07) is 7.76. The molecule has 1 amide bonds. The van der Waals surface area contributed by atoms with Crippen LogP contribution in [-0.4, -0.2) is 52.0 Å². The van der Waals surface area contributed by atoms with Gasteiger partial charge in [-0.3, -0.25) is 10.1 Å². The van der Waals surface area contributed by atoms with Gasteiger partial charge in [0.1, 0.15) is 16.5 Å². The highest BCUT2D eigenvalue weighted by atomic mass is 35.5. The van der Waals surface area contributed by atoms with E-state index in [1.807, 2.05) is 24.3 Å². The van der Waals surface area contributed by atoms with Gasteiger partial charge in [-0.25, -0.2) is 15.0 Å². The minimum atomic E-state index is -0.323. The molecule has 3 aromatic heterocycles. The Kier molecular flexibility index (Phi) is 5.12. The van der Waals surface area contributed by atoms with Crippen LogP contribution in [0.1, 0.15) is 9.67 Å². The summed E-state index contributed by atoms with van der Waals surface area (Å²) in [6.45, 7) is 3.32. The second-order valence-corrected chi connectivity index (χ2v) is 7.44. The number of hydrogen-bond acceptors (Lipinski definition) is 8. The highest BCUT2D eigenvalue weighted by Crippen LogP contribution is 2.20. The second-order valence-electron chi connectivity index (χ2n) is 5.83. The van der Waals surface area contributed by atoms with E-state index >= 15 is 0 Å². The Balaban J connectivity index is 1.40. The Morgan fingerprint density at radius 1 is 1.00 bits per heavy atom. The van der Waals surface area contributed by atoms with Gasteiger partial charge in [0.25, 0.3) is 5.91 Å². The van der Waals surface area contributed by atoms with Crippen molar-refractivity contribution in [2.24, 2.45) is 0 Å². The molecule has 3 aromatic rings. The van der Waals surface area contributed by atoms with Crippen molar-refractivity contribution in [1.29, 1.82) is 0 Å². The maximum absolute atomic E-state index is 12.2. The van der Waals surface area contributed by atoms with E-state index in [1.165, 1.54) is 6.20 Å². The van der Waals surface area contributed by atoms with Crippen molar-refractivity contribution in [1.82, 2.24) is 19.9 Å². The lowest BCUT2D eigenvalue weighted by molar-refractivity contribution is 0.102. The molecule has 1 saturated heterocycles. The van der Waals surface area contributed by atoms with Crippen molar-refractivity contribution in [3.63, 3.8) is 0 Å². The third kappa shape index (κ3) is 4.15. The van der Waals surface area contributed by atoms with Gasteiger partial charge in [0, 0.05) is 38.6 Å². The van der Waals surface area contributed by atoms with Crippen LogP contribution in [0.3, 0.4) is 0 Å². The minimum absolute atomic E-state index is 0.258. The van der Waals surface area contributed by atoms with Gasteiger partial charge in [0.05, 0.1) is 6.20 Å². The van der Waals surface area contributed by atoms with Crippen molar-refractivity contribution in [2.45, 2.75) is 0 Å². The maximum atomic E-state index is 12.2. The molecule has 138 valence electrons. The maximum Gasteiger partial charge on any atom is 0.269 e. The molecule has 1 fully saturated rings. The number of piperazine rings is 1. The number of halogens is 1. The number of nitrogens with one attached hydrogen (secondary N) is 1. The van der Waals surface area contributed by atoms with Crippen LogP contribution in [0.5, 0.6) is 0 Å². The molecule has 10 heteroatoms. The van der Waals surface area contributed by atoms with Crippen LogP contribution in [-0.2, 0) is 0 Å². The summed E-state index contributed by atoms with van der Waals surface area (Å²) in [5.41, 5.74) is 0. The second kappa shape index (κ2) is 7.85. The normalized spacial score (nSPS) is 14.3. The lowest BCUT2D eigenvalue weighted by atomic mass is 10.3. The first-order chi connectivity index (χ1) is 13.2. The van der Waals surface area contributed by atoms with E-state index in [0.717, 1.165) is 49.2 Å². The standard InChI is InChI=1S/C17H16ClN7OS/c18-16-21-11-12(27-16)15(26)23-17-20-6-4-14(22-17)25-9-7-24(8-10-25)13-3-1-2-5-19-13/h1-6,11H,7-10H2,(H,20,22,23,26). The summed E-state index contributed by atoms with van der Waals surface area (Å²) in [7, 11) is 0. The molecule has 0 saturated carbocycles. The third-order valence-corrected chi connectivity index (χ3v) is 5.26. The Hall–Kier alpha value is -2.78. The smallest absolute Gasteiger partial charge is 0.269 e. The molecule has 1 aliphatic heterocycles. The highest BCUT2D eigenvalue weighted by molar-refractivity contribution is 7.17. The third-order valence-electron chi connectivity index (χ3n) is 4.14. The van der Waals surface area contributed by atoms with E-state index in [9.17, 15) is 4.79 Å². The minimum Gasteiger partial charge on any atom is -0.353 e. The molecule has 1 aliphatic rings. The van der Waals surface area contributed by atoms with E-state index in [4.69, 9.17) is 11.6 Å². The number of pyridine rings is 1. The molecule has 0 aliphatic carbocycles. The van der Waals surface area contributed by atoms with Crippen LogP contribution in [0.25, 0.3) is 0 Å². The molecule has 0 atom stereocenters. The van der Waals surface area contributed by atoms with E-state index in [-0.39, 0.29) is 11.9 Å². The quantitative estimate of drug-likeness (QED) is 0.718. The molecule has 0 spiro atoms. The molecule has 4 heterocycles. The van der Waals surface area contributed by atoms with Crippen LogP contribution >= 0.6 is 22.9 Å². The lowest BCUT2D eigenvalue weighted by Crippen LogP contribution is -2.47. The van der Waals surface area contributed by atoms with Gasteiger partial charge in [0.15, 0.2) is 4.47 Å². The van der Waals surface area contributed by atoms with Crippen LogP contribution in [0.15, 0.2) is 42.9 Å². The molecular weight excluding hydrogens is 386 g/mol. The predicted octanol–water partition coefficient (Wildman–Crippen LogP) is 2.56. The summed E-state index contributed by atoms with van der Waals surface area (Å²) in [5, 5.41) is 2.69. The molecule has 0 bridgehead atoms. The number of thiazole rings is 1. The number of amides is 1. The zero-order valence-electron chi connectivity index (χ0n) is 14.2. The molecule has 27 heavy (non-hydrogen) atoms. The van der Waals surface area contributed by atoms with Gasteiger partial charge < -0.3 is 9.80 Å². The van der Waals surface area contributed by atoms with Crippen molar-refractivity contribution < 1.29 is 4.79 Å². The van der Waals surface area contributed by atoms with E-state index in [0.29, 0.717) is 9.34 Å². The van der Waals surface area contributed by atoms with Crippen LogP contribution in [0.2, 0.25) is 4.47 Å². The Labute approximate surface area is 164 Å². The SMILES string of the molecule is O=C(Nc1nccc(N2CCN(c3ccccn3)CC2)n1)c1cnc(Cl)s1. The van der Waals surface area contributed by atoms with Gasteiger partial charge in [-0.2, -0.15) is 4.98 Å². The topological polar surface area (TPSA) is 87.1 Å². The van der Waals surface area contributed by atoms with E-state index in [2.05, 4.69) is 35.1 Å². The fourth-order valence-corrected chi connectivity index (χ4v) is 3.65. The number of carbonyl (C=O) groups excluding carboxylic acids is 1. The Morgan fingerprint density at radius 3 is 2.44 bits per heavy atom. The first kappa shape index (κ1) is 17.6. The molecule has 1 N–H and O–H groups in total. The molecule has 4 rings (SSSR count). The van der Waals surface area contributed by atoms with Gasteiger partial charge in [-0.15, -0.1) is 0 Å². The van der Waals surface area contributed by atoms with Crippen molar-refractivity contribution >= 4 is 46.4 Å². The molecule has 0 radical (unpaired) electrons. The zero-order chi connectivity index (χ0) is 18.6. The lowest BCUT2D eigenvalue weighted by Gasteiger charge is -2.36. The zero-order valence-corrected chi connectivity index (χ0v) is 15.8. The number of anilines is 3. The van der Waals surface area contributed by atoms with Crippen LogP contribution in [0.4, 0.5) is 17.6 Å². The summed E-state index contributed by atoms with van der Waals surface area (Å²) >= 11 is 6.88. The first-order valence-electron chi connectivity index (χ1n) is 8.36. The average molecular weight is 402 g/mol. The van der Waals surface area contributed by atoms with Crippen LogP contribution < -0.4 is 15.1 Å². The van der Waals surface area contributed by atoms with Crippen molar-refractivity contribution in [2.75, 3.05) is 41.3 Å². The fraction of sp³-hybridized carbons (Fsp3) is 0.235. The van der Waals surface area contributed by atoms with Gasteiger partial charge in [-0.1, -0.05) is 29.0 Å². The van der Waals surface area contributed by atoms with Crippen LogP contribution in [0, 0.1) is 0 Å². The Morgan fingerprint density at radius 2 is 1.78 bits per heavy atom. The monoisotopic (exact) mass is 401 g/mol. The van der Waals surface area contributed by atoms with Gasteiger partial charge in [-0.05, 0) is 18.2 Å². The first-order valence-corrected chi connectivity index (χ1v) is 9.55. The Bertz CT molecular complexity index is 928. The summed E-state index contributed by atoms with van der Waals surface area (Å²) in [6.07, 6.45) is 4.88. The molecule has 0 aromatic carbocycles. The average Bonchev–Trinajstić information content (AvgIpc) is 3.16. The summed E-state index contributed by atoms with van der Waals surface area (Å²) in [4.78, 5) is 33.9. The van der Waals surface area contributed by atoms with Crippen molar-refractivity contribution in [3.05, 3.63) is 52.2 Å². The number of nitrogens with zero attached hydrogens (tertiary/aromatic N) is 6. The summed E-state index contributed by atoms with van der Waals surface area (Å²) in [5.74, 6) is 1.70. The predicted molar refractivity (Wildman–Crippen MR) is 106 cm³/mol. The molecule has 0 unspecified atom stereocenters. The van der Waals surface area contributed by atoms with Gasteiger partial charge >= 0.3 is 0 Å². The van der Waals surface area contributed by atoms with E-state index in [1.54, 1.807) is 12.4 Å². The van der Waals surface area contributed by atoms with E-state index < -0.39 is 0 Å². The largest absolute Gasteiger partial charge is 0.353 e. The fourth-order valence-electron chi connectivity index (χ4n) is 2.81. The van der Waals surface area contributed by atoms with Crippen molar-refractivity contribution in [3.8, 4) is 0 Å². The highest BCUT2D eigenvalue weighted by Gasteiger charge is 2.20. The summed E-state index contributed by atoms with van der Waals surface area (Å²) < 4.78 is 0.320.